The van der Waals surface area contributed by atoms with Crippen molar-refractivity contribution in [2.75, 3.05) is 13.6 Å². The predicted molar refractivity (Wildman–Crippen MR) is 69.4 cm³/mol. The monoisotopic (exact) mass is 224 g/mol. The summed E-state index contributed by atoms with van der Waals surface area (Å²) in [6, 6.07) is 21.3. The van der Waals surface area contributed by atoms with Gasteiger partial charge in [0, 0.05) is 13.6 Å². The SMILES string of the molecule is CN1CC(c2ccccc2)(c2ccccc2)N1. The van der Waals surface area contributed by atoms with Crippen molar-refractivity contribution in [1.29, 1.82) is 0 Å². The summed E-state index contributed by atoms with van der Waals surface area (Å²) in [5.41, 5.74) is 6.12. The molecule has 86 valence electrons. The summed E-state index contributed by atoms with van der Waals surface area (Å²) < 4.78 is 0. The van der Waals surface area contributed by atoms with Crippen LogP contribution in [0.5, 0.6) is 0 Å². The Bertz CT molecular complexity index is 445. The first kappa shape index (κ1) is 10.5. The van der Waals surface area contributed by atoms with Crippen molar-refractivity contribution in [2.24, 2.45) is 0 Å². The van der Waals surface area contributed by atoms with Gasteiger partial charge in [-0.15, -0.1) is 0 Å². The zero-order valence-corrected chi connectivity index (χ0v) is 9.93. The first-order valence-electron chi connectivity index (χ1n) is 5.91. The molecular weight excluding hydrogens is 208 g/mol. The zero-order chi connectivity index (χ0) is 11.7. The van der Waals surface area contributed by atoms with Crippen LogP contribution in [-0.2, 0) is 5.54 Å². The molecule has 1 aliphatic rings. The van der Waals surface area contributed by atoms with E-state index in [1.807, 2.05) is 0 Å². The van der Waals surface area contributed by atoms with Crippen LogP contribution in [0, 0.1) is 0 Å². The largest absolute Gasteiger partial charge is 0.244 e. The van der Waals surface area contributed by atoms with Crippen LogP contribution in [0.3, 0.4) is 0 Å². The van der Waals surface area contributed by atoms with E-state index in [2.05, 4.69) is 78.1 Å². The molecule has 1 heterocycles. The minimum Gasteiger partial charge on any atom is -0.244 e. The van der Waals surface area contributed by atoms with Crippen molar-refractivity contribution in [3.63, 3.8) is 0 Å². The third-order valence-electron chi connectivity index (χ3n) is 3.39. The van der Waals surface area contributed by atoms with Gasteiger partial charge in [-0.1, -0.05) is 60.7 Å². The van der Waals surface area contributed by atoms with E-state index in [1.165, 1.54) is 11.1 Å². The second kappa shape index (κ2) is 3.99. The highest BCUT2D eigenvalue weighted by molar-refractivity contribution is 5.40. The van der Waals surface area contributed by atoms with Crippen LogP contribution in [-0.4, -0.2) is 18.6 Å². The first-order valence-corrected chi connectivity index (χ1v) is 5.91. The number of likely N-dealkylation sites (N-methyl/N-ethyl adjacent to an activating group) is 1. The molecule has 2 aromatic carbocycles. The van der Waals surface area contributed by atoms with E-state index >= 15 is 0 Å². The standard InChI is InChI=1S/C15H16N2/c1-17-12-15(16-17,13-8-4-2-5-9-13)14-10-6-3-7-11-14/h2-11,16H,12H2,1H3. The summed E-state index contributed by atoms with van der Waals surface area (Å²) in [7, 11) is 2.07. The van der Waals surface area contributed by atoms with Gasteiger partial charge in [0.1, 0.15) is 0 Å². The quantitative estimate of drug-likeness (QED) is 0.842. The van der Waals surface area contributed by atoms with Crippen molar-refractivity contribution in [3.8, 4) is 0 Å². The molecule has 1 aliphatic heterocycles. The van der Waals surface area contributed by atoms with Gasteiger partial charge in [0.2, 0.25) is 0 Å². The van der Waals surface area contributed by atoms with Gasteiger partial charge >= 0.3 is 0 Å². The van der Waals surface area contributed by atoms with Crippen LogP contribution in [0.4, 0.5) is 0 Å². The van der Waals surface area contributed by atoms with Crippen LogP contribution in [0.1, 0.15) is 11.1 Å². The van der Waals surface area contributed by atoms with Crippen molar-refractivity contribution in [2.45, 2.75) is 5.54 Å². The van der Waals surface area contributed by atoms with Crippen molar-refractivity contribution in [1.82, 2.24) is 10.4 Å². The summed E-state index contributed by atoms with van der Waals surface area (Å²) in [5.74, 6) is 0. The number of hydrogen-bond acceptors (Lipinski definition) is 2. The maximum absolute atomic E-state index is 3.52. The summed E-state index contributed by atoms with van der Waals surface area (Å²) in [6.07, 6.45) is 0. The Hall–Kier alpha value is -1.64. The summed E-state index contributed by atoms with van der Waals surface area (Å²) in [6.45, 7) is 1.00. The summed E-state index contributed by atoms with van der Waals surface area (Å²) in [5, 5.41) is 2.12. The smallest absolute Gasteiger partial charge is 0.0963 e. The molecule has 0 aliphatic carbocycles. The first-order chi connectivity index (χ1) is 8.31. The van der Waals surface area contributed by atoms with E-state index in [1.54, 1.807) is 0 Å². The minimum absolute atomic E-state index is 0.0444. The molecule has 17 heavy (non-hydrogen) atoms. The zero-order valence-electron chi connectivity index (χ0n) is 9.93. The summed E-state index contributed by atoms with van der Waals surface area (Å²) >= 11 is 0. The molecule has 2 nitrogen and oxygen atoms in total. The van der Waals surface area contributed by atoms with E-state index < -0.39 is 0 Å². The van der Waals surface area contributed by atoms with Gasteiger partial charge in [-0.05, 0) is 11.1 Å². The van der Waals surface area contributed by atoms with Crippen LogP contribution < -0.4 is 5.43 Å². The third-order valence-corrected chi connectivity index (χ3v) is 3.39. The molecule has 1 saturated heterocycles. The van der Waals surface area contributed by atoms with E-state index in [9.17, 15) is 0 Å². The number of hydrazine groups is 1. The molecule has 0 amide bonds. The van der Waals surface area contributed by atoms with Gasteiger partial charge < -0.3 is 0 Å². The van der Waals surface area contributed by atoms with Gasteiger partial charge in [-0.25, -0.2) is 10.4 Å². The average Bonchev–Trinajstić information content (AvgIpc) is 2.37. The fourth-order valence-electron chi connectivity index (χ4n) is 2.59. The number of nitrogens with zero attached hydrogens (tertiary/aromatic N) is 1. The molecule has 0 bridgehead atoms. The lowest BCUT2D eigenvalue weighted by Gasteiger charge is -2.50. The molecule has 2 aromatic rings. The lowest BCUT2D eigenvalue weighted by molar-refractivity contribution is 0.0144. The van der Waals surface area contributed by atoms with Crippen molar-refractivity contribution < 1.29 is 0 Å². The molecule has 0 unspecified atom stereocenters. The van der Waals surface area contributed by atoms with Gasteiger partial charge in [0.15, 0.2) is 0 Å². The highest BCUT2D eigenvalue weighted by atomic mass is 15.6. The molecule has 0 aromatic heterocycles. The topological polar surface area (TPSA) is 15.3 Å². The molecule has 2 heteroatoms. The Morgan fingerprint density at radius 2 is 1.29 bits per heavy atom. The lowest BCUT2D eigenvalue weighted by atomic mass is 9.80. The molecule has 1 fully saturated rings. The van der Waals surface area contributed by atoms with E-state index in [-0.39, 0.29) is 5.54 Å². The molecule has 0 atom stereocenters. The van der Waals surface area contributed by atoms with Gasteiger partial charge in [0.25, 0.3) is 0 Å². The molecule has 0 radical (unpaired) electrons. The van der Waals surface area contributed by atoms with Gasteiger partial charge in [-0.2, -0.15) is 0 Å². The Morgan fingerprint density at radius 1 is 0.882 bits per heavy atom. The third kappa shape index (κ3) is 1.66. The van der Waals surface area contributed by atoms with Crippen LogP contribution >= 0.6 is 0 Å². The average molecular weight is 224 g/mol. The number of benzene rings is 2. The predicted octanol–water partition coefficient (Wildman–Crippen LogP) is 2.38. The number of hydrogen-bond donors (Lipinski definition) is 1. The van der Waals surface area contributed by atoms with Crippen molar-refractivity contribution in [3.05, 3.63) is 71.8 Å². The molecule has 0 saturated carbocycles. The van der Waals surface area contributed by atoms with E-state index in [0.29, 0.717) is 0 Å². The van der Waals surface area contributed by atoms with Gasteiger partial charge in [0.05, 0.1) is 5.54 Å². The highest BCUT2D eigenvalue weighted by Crippen LogP contribution is 2.35. The molecule has 0 spiro atoms. The lowest BCUT2D eigenvalue weighted by Crippen LogP contribution is -2.68. The molecular formula is C15H16N2. The Labute approximate surface area is 102 Å². The number of nitrogens with one attached hydrogen (secondary N) is 1. The second-order valence-electron chi connectivity index (χ2n) is 4.61. The highest BCUT2D eigenvalue weighted by Gasteiger charge is 2.43. The van der Waals surface area contributed by atoms with E-state index in [0.717, 1.165) is 6.54 Å². The normalized spacial score (nSPS) is 18.6. The van der Waals surface area contributed by atoms with Crippen molar-refractivity contribution >= 4 is 0 Å². The fourth-order valence-corrected chi connectivity index (χ4v) is 2.59. The molecule has 1 N–H and O–H groups in total. The van der Waals surface area contributed by atoms with Crippen LogP contribution in [0.2, 0.25) is 0 Å². The number of rotatable bonds is 2. The fraction of sp³-hybridized carbons (Fsp3) is 0.200. The van der Waals surface area contributed by atoms with Crippen LogP contribution in [0.25, 0.3) is 0 Å². The minimum atomic E-state index is -0.0444. The maximum atomic E-state index is 3.52. The van der Waals surface area contributed by atoms with Crippen LogP contribution in [0.15, 0.2) is 60.7 Å². The second-order valence-corrected chi connectivity index (χ2v) is 4.61. The maximum Gasteiger partial charge on any atom is 0.0963 e. The molecule has 3 rings (SSSR count). The van der Waals surface area contributed by atoms with Gasteiger partial charge in [-0.3, -0.25) is 0 Å². The Balaban J connectivity index is 2.07. The Kier molecular flexibility index (Phi) is 2.46. The summed E-state index contributed by atoms with van der Waals surface area (Å²) in [4.78, 5) is 0. The Morgan fingerprint density at radius 3 is 1.65 bits per heavy atom. The van der Waals surface area contributed by atoms with E-state index in [4.69, 9.17) is 0 Å².